The molecule has 2 N–H and O–H groups in total. The lowest BCUT2D eigenvalue weighted by molar-refractivity contribution is -0.120. The normalized spacial score (nSPS) is 30.4. The summed E-state index contributed by atoms with van der Waals surface area (Å²) in [6.45, 7) is 5.11. The Morgan fingerprint density at radius 1 is 1.69 bits per heavy atom. The topological polar surface area (TPSA) is 41.1 Å². The molecule has 1 aliphatic rings. The van der Waals surface area contributed by atoms with Gasteiger partial charge >= 0.3 is 0 Å². The number of alkyl halides is 1. The highest BCUT2D eigenvalue weighted by atomic mass is 19.1. The zero-order valence-corrected chi connectivity index (χ0v) is 8.14. The fraction of sp³-hybridized carbons (Fsp3) is 0.889. The molecule has 0 aromatic rings. The van der Waals surface area contributed by atoms with Crippen molar-refractivity contribution < 1.29 is 9.18 Å². The quantitative estimate of drug-likeness (QED) is 0.658. The summed E-state index contributed by atoms with van der Waals surface area (Å²) >= 11 is 0. The van der Waals surface area contributed by atoms with Crippen molar-refractivity contribution in [3.63, 3.8) is 0 Å². The molecule has 3 nitrogen and oxygen atoms in total. The van der Waals surface area contributed by atoms with Gasteiger partial charge in [0, 0.05) is 19.0 Å². The Labute approximate surface area is 78.1 Å². The predicted octanol–water partition coefficient (Wildman–Crippen LogP) is 0.111. The zero-order chi connectivity index (χ0) is 9.84. The van der Waals surface area contributed by atoms with E-state index in [0.717, 1.165) is 0 Å². The Morgan fingerprint density at radius 3 is 2.77 bits per heavy atom. The van der Waals surface area contributed by atoms with E-state index in [4.69, 9.17) is 0 Å². The maximum Gasteiger partial charge on any atom is 0.147 e. The fourth-order valence-electron chi connectivity index (χ4n) is 1.81. The molecule has 0 aromatic carbocycles. The molecule has 0 aliphatic carbocycles. The van der Waals surface area contributed by atoms with Crippen molar-refractivity contribution in [1.29, 1.82) is 0 Å². The maximum atomic E-state index is 13.3. The van der Waals surface area contributed by atoms with E-state index in [0.29, 0.717) is 19.6 Å². The molecule has 0 saturated carbocycles. The molecule has 1 unspecified atom stereocenters. The summed E-state index contributed by atoms with van der Waals surface area (Å²) in [5, 5.41) is 5.97. The highest BCUT2D eigenvalue weighted by molar-refractivity contribution is 5.82. The first-order valence-corrected chi connectivity index (χ1v) is 4.75. The Kier molecular flexibility index (Phi) is 3.81. The van der Waals surface area contributed by atoms with Gasteiger partial charge in [0.15, 0.2) is 0 Å². The van der Waals surface area contributed by atoms with Crippen LogP contribution < -0.4 is 10.6 Å². The second-order valence-corrected chi connectivity index (χ2v) is 3.48. The number of ketones is 1. The molecule has 3 atom stereocenters. The Hall–Kier alpha value is -0.480. The number of Topliss-reactive ketones (excluding diaryl/α,β-unsaturated/α-hetero) is 1. The number of hydrogen-bond donors (Lipinski definition) is 2. The van der Waals surface area contributed by atoms with E-state index in [9.17, 15) is 9.18 Å². The van der Waals surface area contributed by atoms with Crippen molar-refractivity contribution in [1.82, 2.24) is 10.6 Å². The zero-order valence-electron chi connectivity index (χ0n) is 8.14. The van der Waals surface area contributed by atoms with Crippen LogP contribution in [-0.2, 0) is 4.79 Å². The largest absolute Gasteiger partial charge is 0.313 e. The van der Waals surface area contributed by atoms with Crippen LogP contribution in [0.25, 0.3) is 0 Å². The molecule has 0 spiro atoms. The number of likely N-dealkylation sites (N-methyl/N-ethyl adjacent to an activating group) is 1. The van der Waals surface area contributed by atoms with Crippen LogP contribution in [-0.4, -0.2) is 37.6 Å². The van der Waals surface area contributed by atoms with Crippen LogP contribution in [0.3, 0.4) is 0 Å². The van der Waals surface area contributed by atoms with Crippen LogP contribution in [0.4, 0.5) is 4.39 Å². The van der Waals surface area contributed by atoms with Gasteiger partial charge in [0.1, 0.15) is 12.0 Å². The lowest BCUT2D eigenvalue weighted by atomic mass is 9.94. The van der Waals surface area contributed by atoms with E-state index in [-0.39, 0.29) is 17.7 Å². The van der Waals surface area contributed by atoms with Gasteiger partial charge in [-0.15, -0.1) is 0 Å². The van der Waals surface area contributed by atoms with E-state index in [1.807, 2.05) is 6.92 Å². The van der Waals surface area contributed by atoms with Crippen LogP contribution >= 0.6 is 0 Å². The molecule has 1 fully saturated rings. The van der Waals surface area contributed by atoms with E-state index in [1.54, 1.807) is 0 Å². The minimum absolute atomic E-state index is 0.0261. The van der Waals surface area contributed by atoms with Gasteiger partial charge in [-0.1, -0.05) is 6.92 Å². The number of carbonyl (C=O) groups is 1. The lowest BCUT2D eigenvalue weighted by Gasteiger charge is -2.22. The number of halogens is 1. The summed E-state index contributed by atoms with van der Waals surface area (Å²) in [5.41, 5.74) is 0. The molecule has 13 heavy (non-hydrogen) atoms. The summed E-state index contributed by atoms with van der Waals surface area (Å²) in [5.74, 6) is -0.171. The van der Waals surface area contributed by atoms with Crippen LogP contribution in [0.5, 0.6) is 0 Å². The van der Waals surface area contributed by atoms with Crippen LogP contribution in [0.1, 0.15) is 13.8 Å². The molecule has 1 heterocycles. The molecule has 76 valence electrons. The van der Waals surface area contributed by atoms with Crippen LogP contribution in [0.15, 0.2) is 0 Å². The van der Waals surface area contributed by atoms with Crippen molar-refractivity contribution in [3.05, 3.63) is 0 Å². The average Bonchev–Trinajstić information content (AvgIpc) is 2.47. The standard InChI is InChI=1S/C9H17FN2O/c1-3-12-9(6(2)13)7-4-11-5-8(7)10/h7-9,11-12H,3-5H2,1-2H3/t7-,8-,9?/m1/s1. The monoisotopic (exact) mass is 188 g/mol. The van der Waals surface area contributed by atoms with Gasteiger partial charge in [0.25, 0.3) is 0 Å². The van der Waals surface area contributed by atoms with E-state index < -0.39 is 6.17 Å². The molecule has 0 bridgehead atoms. The van der Waals surface area contributed by atoms with Gasteiger partial charge < -0.3 is 10.6 Å². The summed E-state index contributed by atoms with van der Waals surface area (Å²) in [7, 11) is 0. The molecule has 1 saturated heterocycles. The van der Waals surface area contributed by atoms with E-state index in [2.05, 4.69) is 10.6 Å². The summed E-state index contributed by atoms with van der Waals surface area (Å²) in [6.07, 6.45) is -0.895. The van der Waals surface area contributed by atoms with Crippen molar-refractivity contribution in [2.75, 3.05) is 19.6 Å². The molecule has 4 heteroatoms. The van der Waals surface area contributed by atoms with Crippen LogP contribution in [0.2, 0.25) is 0 Å². The van der Waals surface area contributed by atoms with Gasteiger partial charge in [-0.05, 0) is 13.5 Å². The second kappa shape index (κ2) is 4.67. The van der Waals surface area contributed by atoms with Crippen molar-refractivity contribution in [2.24, 2.45) is 5.92 Å². The van der Waals surface area contributed by atoms with Gasteiger partial charge in [-0.3, -0.25) is 4.79 Å². The minimum Gasteiger partial charge on any atom is -0.313 e. The third-order valence-electron chi connectivity index (χ3n) is 2.47. The van der Waals surface area contributed by atoms with Crippen molar-refractivity contribution >= 4 is 5.78 Å². The third-order valence-corrected chi connectivity index (χ3v) is 2.47. The number of hydrogen-bond acceptors (Lipinski definition) is 3. The highest BCUT2D eigenvalue weighted by Crippen LogP contribution is 2.17. The fourth-order valence-corrected chi connectivity index (χ4v) is 1.81. The summed E-state index contributed by atoms with van der Waals surface area (Å²) in [6, 6.07) is -0.324. The molecule has 0 amide bonds. The first kappa shape index (κ1) is 10.6. The number of nitrogens with one attached hydrogen (secondary N) is 2. The third kappa shape index (κ3) is 2.48. The first-order valence-electron chi connectivity index (χ1n) is 4.75. The smallest absolute Gasteiger partial charge is 0.147 e. The van der Waals surface area contributed by atoms with Gasteiger partial charge in [-0.2, -0.15) is 0 Å². The van der Waals surface area contributed by atoms with E-state index >= 15 is 0 Å². The average molecular weight is 188 g/mol. The molecule has 1 aliphatic heterocycles. The van der Waals surface area contributed by atoms with E-state index in [1.165, 1.54) is 6.92 Å². The van der Waals surface area contributed by atoms with Gasteiger partial charge in [-0.25, -0.2) is 4.39 Å². The van der Waals surface area contributed by atoms with Gasteiger partial charge in [0.2, 0.25) is 0 Å². The Morgan fingerprint density at radius 2 is 2.38 bits per heavy atom. The SMILES string of the molecule is CCNC(C(C)=O)[C@@H]1CNC[C@H]1F. The molecule has 1 rings (SSSR count). The minimum atomic E-state index is -0.895. The molecular weight excluding hydrogens is 171 g/mol. The van der Waals surface area contributed by atoms with Gasteiger partial charge in [0.05, 0.1) is 6.04 Å². The Bertz CT molecular complexity index is 186. The molecular formula is C9H17FN2O. The maximum absolute atomic E-state index is 13.3. The van der Waals surface area contributed by atoms with Crippen LogP contribution in [0, 0.1) is 5.92 Å². The summed E-state index contributed by atoms with van der Waals surface area (Å²) < 4.78 is 13.3. The number of rotatable bonds is 4. The molecule has 0 radical (unpaired) electrons. The predicted molar refractivity (Wildman–Crippen MR) is 49.4 cm³/mol. The van der Waals surface area contributed by atoms with Crippen molar-refractivity contribution in [3.8, 4) is 0 Å². The van der Waals surface area contributed by atoms with Crippen molar-refractivity contribution in [2.45, 2.75) is 26.1 Å². The highest BCUT2D eigenvalue weighted by Gasteiger charge is 2.35. The Balaban J connectivity index is 2.57. The number of carbonyl (C=O) groups excluding carboxylic acids is 1. The summed E-state index contributed by atoms with van der Waals surface area (Å²) in [4.78, 5) is 11.2. The first-order chi connectivity index (χ1) is 6.16. The molecule has 0 aromatic heterocycles. The second-order valence-electron chi connectivity index (χ2n) is 3.48. The lowest BCUT2D eigenvalue weighted by Crippen LogP contribution is -2.45.